The van der Waals surface area contributed by atoms with Crippen LogP contribution in [-0.2, 0) is 4.79 Å². The Kier molecular flexibility index (Phi) is 5.51. The Balaban J connectivity index is 1.58. The molecule has 0 bridgehead atoms. The maximum Gasteiger partial charge on any atom is 0.255 e. The third-order valence-electron chi connectivity index (χ3n) is 5.58. The van der Waals surface area contributed by atoms with E-state index in [9.17, 15) is 9.18 Å². The van der Waals surface area contributed by atoms with E-state index >= 15 is 0 Å². The Morgan fingerprint density at radius 2 is 1.82 bits per heavy atom. The number of carbonyl (C=O) groups is 1. The van der Waals surface area contributed by atoms with Gasteiger partial charge in [0.2, 0.25) is 5.95 Å². The number of anilines is 2. The van der Waals surface area contributed by atoms with Crippen LogP contribution in [0, 0.1) is 5.82 Å². The Labute approximate surface area is 195 Å². The molecule has 3 heterocycles. The molecule has 2 N–H and O–H groups in total. The van der Waals surface area contributed by atoms with Gasteiger partial charge in [0, 0.05) is 23.7 Å². The molecule has 9 heteroatoms. The minimum Gasteiger partial charge on any atom is -0.495 e. The van der Waals surface area contributed by atoms with Gasteiger partial charge in [-0.1, -0.05) is 12.1 Å². The molecular weight excluding hydrogens is 435 g/mol. The van der Waals surface area contributed by atoms with Crippen LogP contribution in [0.5, 0.6) is 5.75 Å². The fourth-order valence-corrected chi connectivity index (χ4v) is 3.96. The average Bonchev–Trinajstić information content (AvgIpc) is 3.28. The predicted molar refractivity (Wildman–Crippen MR) is 126 cm³/mol. The Bertz CT molecular complexity index is 1380. The lowest BCUT2D eigenvalue weighted by atomic mass is 9.96. The van der Waals surface area contributed by atoms with Crippen molar-refractivity contribution in [3.63, 3.8) is 0 Å². The maximum atomic E-state index is 13.6. The fourth-order valence-electron chi connectivity index (χ4n) is 3.96. The number of halogens is 1. The zero-order chi connectivity index (χ0) is 23.7. The number of pyridine rings is 1. The third-order valence-corrected chi connectivity index (χ3v) is 5.58. The second kappa shape index (κ2) is 8.78. The van der Waals surface area contributed by atoms with E-state index in [-0.39, 0.29) is 11.7 Å². The van der Waals surface area contributed by atoms with Gasteiger partial charge < -0.3 is 15.4 Å². The largest absolute Gasteiger partial charge is 0.495 e. The average molecular weight is 456 g/mol. The molecule has 0 radical (unpaired) electrons. The smallest absolute Gasteiger partial charge is 0.255 e. The summed E-state index contributed by atoms with van der Waals surface area (Å²) in [6.07, 6.45) is 3.33. The number of allylic oxidation sites excluding steroid dienone is 1. The molecule has 1 aliphatic rings. The van der Waals surface area contributed by atoms with Gasteiger partial charge in [0.25, 0.3) is 5.91 Å². The second-order valence-corrected chi connectivity index (χ2v) is 7.71. The molecule has 34 heavy (non-hydrogen) atoms. The summed E-state index contributed by atoms with van der Waals surface area (Å²) in [5.41, 5.74) is 3.15. The van der Waals surface area contributed by atoms with Crippen LogP contribution in [0.2, 0.25) is 0 Å². The van der Waals surface area contributed by atoms with Crippen molar-refractivity contribution in [2.45, 2.75) is 13.0 Å². The van der Waals surface area contributed by atoms with Crippen LogP contribution in [0.4, 0.5) is 16.0 Å². The van der Waals surface area contributed by atoms with Crippen molar-refractivity contribution >= 4 is 17.5 Å². The van der Waals surface area contributed by atoms with Gasteiger partial charge in [-0.05, 0) is 61.0 Å². The van der Waals surface area contributed by atoms with E-state index in [1.807, 2.05) is 31.2 Å². The van der Waals surface area contributed by atoms with Gasteiger partial charge in [0.05, 0.1) is 18.4 Å². The number of methoxy groups -OCH3 is 1. The first-order chi connectivity index (χ1) is 16.5. The van der Waals surface area contributed by atoms with Gasteiger partial charge in [-0.15, -0.1) is 5.10 Å². The highest BCUT2D eigenvalue weighted by Gasteiger charge is 2.34. The van der Waals surface area contributed by atoms with Gasteiger partial charge in [0.1, 0.15) is 17.6 Å². The maximum absolute atomic E-state index is 13.6. The summed E-state index contributed by atoms with van der Waals surface area (Å²) < 4.78 is 20.5. The lowest BCUT2D eigenvalue weighted by molar-refractivity contribution is -0.113. The van der Waals surface area contributed by atoms with E-state index in [4.69, 9.17) is 4.74 Å². The molecule has 1 aliphatic heterocycles. The van der Waals surface area contributed by atoms with E-state index in [1.165, 1.54) is 12.1 Å². The van der Waals surface area contributed by atoms with Crippen LogP contribution in [0.25, 0.3) is 11.4 Å². The van der Waals surface area contributed by atoms with E-state index in [1.54, 1.807) is 48.5 Å². The molecule has 0 saturated heterocycles. The summed E-state index contributed by atoms with van der Waals surface area (Å²) in [6, 6.07) is 16.3. The standard InChI is InChI=1S/C25H21FN6O2/c1-15-21(24(33)29-19-5-3-4-6-20(19)34-2)22(16-11-13-27-14-12-16)32-25(28-15)30-23(31-32)17-7-9-18(26)10-8-17/h3-14,22H,1-2H3,(H,29,33)(H,28,30,31). The van der Waals surface area contributed by atoms with Crippen molar-refractivity contribution in [2.75, 3.05) is 17.7 Å². The molecule has 8 nitrogen and oxygen atoms in total. The number of hydrogen-bond acceptors (Lipinski definition) is 6. The minimum atomic E-state index is -0.560. The third kappa shape index (κ3) is 3.88. The number of aromatic nitrogens is 4. The summed E-state index contributed by atoms with van der Waals surface area (Å²) >= 11 is 0. The van der Waals surface area contributed by atoms with Crippen LogP contribution in [-0.4, -0.2) is 32.8 Å². The van der Waals surface area contributed by atoms with Crippen molar-refractivity contribution < 1.29 is 13.9 Å². The zero-order valence-corrected chi connectivity index (χ0v) is 18.5. The molecule has 1 atom stereocenters. The molecule has 0 saturated carbocycles. The number of hydrogen-bond donors (Lipinski definition) is 2. The lowest BCUT2D eigenvalue weighted by Gasteiger charge is -2.28. The molecule has 2 aromatic carbocycles. The van der Waals surface area contributed by atoms with E-state index in [0.717, 1.165) is 5.56 Å². The van der Waals surface area contributed by atoms with E-state index < -0.39 is 6.04 Å². The van der Waals surface area contributed by atoms with Gasteiger partial charge in [0.15, 0.2) is 5.82 Å². The Morgan fingerprint density at radius 1 is 1.09 bits per heavy atom. The number of ether oxygens (including phenoxy) is 1. The van der Waals surface area contributed by atoms with Crippen LogP contribution < -0.4 is 15.4 Å². The number of nitrogens with one attached hydrogen (secondary N) is 2. The monoisotopic (exact) mass is 456 g/mol. The number of nitrogens with zero attached hydrogens (tertiary/aromatic N) is 4. The highest BCUT2D eigenvalue weighted by molar-refractivity contribution is 6.06. The summed E-state index contributed by atoms with van der Waals surface area (Å²) in [5, 5.41) is 10.8. The molecule has 170 valence electrons. The van der Waals surface area contributed by atoms with E-state index in [2.05, 4.69) is 25.7 Å². The predicted octanol–water partition coefficient (Wildman–Crippen LogP) is 4.42. The van der Waals surface area contributed by atoms with Crippen LogP contribution >= 0.6 is 0 Å². The lowest BCUT2D eigenvalue weighted by Crippen LogP contribution is -2.31. The first kappa shape index (κ1) is 21.3. The highest BCUT2D eigenvalue weighted by atomic mass is 19.1. The molecule has 0 aliphatic carbocycles. The van der Waals surface area contributed by atoms with Crippen LogP contribution in [0.1, 0.15) is 18.5 Å². The van der Waals surface area contributed by atoms with Crippen molar-refractivity contribution in [3.8, 4) is 17.1 Å². The van der Waals surface area contributed by atoms with Crippen molar-refractivity contribution in [3.05, 3.63) is 95.7 Å². The highest BCUT2D eigenvalue weighted by Crippen LogP contribution is 2.37. The summed E-state index contributed by atoms with van der Waals surface area (Å²) in [7, 11) is 1.55. The normalized spacial score (nSPS) is 14.9. The quantitative estimate of drug-likeness (QED) is 0.462. The topological polar surface area (TPSA) is 94.0 Å². The van der Waals surface area contributed by atoms with Crippen molar-refractivity contribution in [1.29, 1.82) is 0 Å². The number of benzene rings is 2. The van der Waals surface area contributed by atoms with Gasteiger partial charge >= 0.3 is 0 Å². The first-order valence-electron chi connectivity index (χ1n) is 10.6. The van der Waals surface area contributed by atoms with Crippen molar-refractivity contribution in [2.24, 2.45) is 0 Å². The van der Waals surface area contributed by atoms with Crippen molar-refractivity contribution in [1.82, 2.24) is 19.7 Å². The number of fused-ring (bicyclic) bond motifs is 1. The summed E-state index contributed by atoms with van der Waals surface area (Å²) in [5.74, 6) is 0.806. The molecule has 2 aromatic heterocycles. The number of para-hydroxylation sites is 2. The van der Waals surface area contributed by atoms with Gasteiger partial charge in [-0.2, -0.15) is 4.98 Å². The van der Waals surface area contributed by atoms with E-state index in [0.29, 0.717) is 40.0 Å². The number of rotatable bonds is 5. The van der Waals surface area contributed by atoms with Crippen LogP contribution in [0.3, 0.4) is 0 Å². The molecule has 1 amide bonds. The van der Waals surface area contributed by atoms with Gasteiger partial charge in [-0.25, -0.2) is 9.07 Å². The fraction of sp³-hybridized carbons (Fsp3) is 0.120. The number of carbonyl (C=O) groups excluding carboxylic acids is 1. The zero-order valence-electron chi connectivity index (χ0n) is 18.5. The Morgan fingerprint density at radius 3 is 2.56 bits per heavy atom. The SMILES string of the molecule is COc1ccccc1NC(=O)C1=C(C)Nc2nc(-c3ccc(F)cc3)nn2C1c1ccncc1. The Hall–Kier alpha value is -4.53. The molecule has 4 aromatic rings. The first-order valence-corrected chi connectivity index (χ1v) is 10.6. The molecule has 0 fully saturated rings. The molecule has 1 unspecified atom stereocenters. The number of amides is 1. The molecule has 5 rings (SSSR count). The van der Waals surface area contributed by atoms with Gasteiger partial charge in [-0.3, -0.25) is 9.78 Å². The van der Waals surface area contributed by atoms with Crippen LogP contribution in [0.15, 0.2) is 84.3 Å². The summed E-state index contributed by atoms with van der Waals surface area (Å²) in [4.78, 5) is 22.3. The summed E-state index contributed by atoms with van der Waals surface area (Å²) in [6.45, 7) is 1.82. The molecule has 0 spiro atoms. The second-order valence-electron chi connectivity index (χ2n) is 7.71. The minimum absolute atomic E-state index is 0.305. The molecular formula is C25H21FN6O2.